The third-order valence-corrected chi connectivity index (χ3v) is 8.35. The standard InChI is InChI=1S/C24H32ClN3O3S/c1-4-28(5-2)32(30,31)21-12-11-18(3)22(16-21)24(29)26-17-23(27-13-6-7-14-27)19-9-8-10-20(25)15-19/h8-12,15-16,23H,4-7,13-14,17H2,1-3H3,(H,26,29). The Balaban J connectivity index is 1.82. The number of aryl methyl sites for hydroxylation is 1. The van der Waals surface area contributed by atoms with Crippen LogP contribution in [-0.4, -0.2) is 56.3 Å². The highest BCUT2D eigenvalue weighted by Crippen LogP contribution is 2.27. The number of carbonyl (C=O) groups excluding carboxylic acids is 1. The number of rotatable bonds is 9. The molecule has 2 aromatic rings. The number of benzene rings is 2. The number of likely N-dealkylation sites (tertiary alicyclic amines) is 1. The van der Waals surface area contributed by atoms with Gasteiger partial charge in [0.2, 0.25) is 10.0 Å². The van der Waals surface area contributed by atoms with Gasteiger partial charge >= 0.3 is 0 Å². The van der Waals surface area contributed by atoms with Crippen LogP contribution in [0.3, 0.4) is 0 Å². The van der Waals surface area contributed by atoms with Crippen LogP contribution in [0.15, 0.2) is 47.4 Å². The maximum atomic E-state index is 13.1. The van der Waals surface area contributed by atoms with Gasteiger partial charge in [-0.1, -0.05) is 43.6 Å². The molecule has 0 saturated carbocycles. The van der Waals surface area contributed by atoms with Crippen molar-refractivity contribution in [1.29, 1.82) is 0 Å². The van der Waals surface area contributed by atoms with Gasteiger partial charge in [0, 0.05) is 30.2 Å². The molecule has 8 heteroatoms. The van der Waals surface area contributed by atoms with Gasteiger partial charge in [0.05, 0.1) is 10.9 Å². The third kappa shape index (κ3) is 5.52. The topological polar surface area (TPSA) is 69.7 Å². The summed E-state index contributed by atoms with van der Waals surface area (Å²) in [5.74, 6) is -0.273. The van der Waals surface area contributed by atoms with E-state index in [9.17, 15) is 13.2 Å². The van der Waals surface area contributed by atoms with E-state index in [0.29, 0.717) is 30.2 Å². The zero-order valence-corrected chi connectivity index (χ0v) is 20.5. The van der Waals surface area contributed by atoms with Gasteiger partial charge in [-0.05, 0) is 68.2 Å². The van der Waals surface area contributed by atoms with Gasteiger partial charge in [-0.15, -0.1) is 0 Å². The lowest BCUT2D eigenvalue weighted by atomic mass is 10.0. The van der Waals surface area contributed by atoms with Crippen LogP contribution in [0.25, 0.3) is 0 Å². The summed E-state index contributed by atoms with van der Waals surface area (Å²) in [5, 5.41) is 3.71. The van der Waals surface area contributed by atoms with Gasteiger partial charge in [0.15, 0.2) is 0 Å². The molecule has 0 aliphatic carbocycles. The molecule has 1 unspecified atom stereocenters. The van der Waals surface area contributed by atoms with Crippen LogP contribution >= 0.6 is 11.6 Å². The molecule has 6 nitrogen and oxygen atoms in total. The number of halogens is 1. The SMILES string of the molecule is CCN(CC)S(=O)(=O)c1ccc(C)c(C(=O)NCC(c2cccc(Cl)c2)N2CCCC2)c1. The van der Waals surface area contributed by atoms with E-state index in [1.807, 2.05) is 31.2 Å². The maximum Gasteiger partial charge on any atom is 0.251 e. The van der Waals surface area contributed by atoms with Crippen molar-refractivity contribution in [3.05, 3.63) is 64.2 Å². The van der Waals surface area contributed by atoms with Crippen LogP contribution in [-0.2, 0) is 10.0 Å². The number of sulfonamides is 1. The van der Waals surface area contributed by atoms with Crippen LogP contribution in [0.5, 0.6) is 0 Å². The summed E-state index contributed by atoms with van der Waals surface area (Å²) in [7, 11) is -3.64. The van der Waals surface area contributed by atoms with E-state index in [2.05, 4.69) is 10.2 Å². The molecule has 1 aliphatic rings. The van der Waals surface area contributed by atoms with Crippen molar-refractivity contribution >= 4 is 27.5 Å². The minimum Gasteiger partial charge on any atom is -0.350 e. The van der Waals surface area contributed by atoms with E-state index >= 15 is 0 Å². The van der Waals surface area contributed by atoms with E-state index < -0.39 is 10.0 Å². The predicted molar refractivity (Wildman–Crippen MR) is 129 cm³/mol. The van der Waals surface area contributed by atoms with E-state index in [1.165, 1.54) is 10.4 Å². The van der Waals surface area contributed by atoms with Crippen molar-refractivity contribution in [3.63, 3.8) is 0 Å². The van der Waals surface area contributed by atoms with Gasteiger partial charge in [-0.3, -0.25) is 9.69 Å². The number of nitrogens with zero attached hydrogens (tertiary/aromatic N) is 2. The number of nitrogens with one attached hydrogen (secondary N) is 1. The predicted octanol–water partition coefficient (Wildman–Crippen LogP) is 4.25. The second-order valence-electron chi connectivity index (χ2n) is 8.09. The molecule has 1 fully saturated rings. The molecule has 1 aliphatic heterocycles. The Morgan fingerprint density at radius 1 is 1.12 bits per heavy atom. The fourth-order valence-electron chi connectivity index (χ4n) is 4.23. The molecule has 1 N–H and O–H groups in total. The molecular weight excluding hydrogens is 446 g/mol. The average molecular weight is 478 g/mol. The summed E-state index contributed by atoms with van der Waals surface area (Å²) >= 11 is 6.22. The summed E-state index contributed by atoms with van der Waals surface area (Å²) in [6.45, 7) is 8.56. The van der Waals surface area contributed by atoms with Crippen LogP contribution in [0, 0.1) is 6.92 Å². The van der Waals surface area contributed by atoms with Gasteiger partial charge in [0.25, 0.3) is 5.91 Å². The average Bonchev–Trinajstić information content (AvgIpc) is 3.29. The number of hydrogen-bond donors (Lipinski definition) is 1. The summed E-state index contributed by atoms with van der Waals surface area (Å²) in [6, 6.07) is 12.5. The molecule has 1 saturated heterocycles. The van der Waals surface area contributed by atoms with Crippen molar-refractivity contribution in [1.82, 2.24) is 14.5 Å². The summed E-state index contributed by atoms with van der Waals surface area (Å²) in [6.07, 6.45) is 2.27. The second-order valence-corrected chi connectivity index (χ2v) is 10.5. The first kappa shape index (κ1) is 24.7. The van der Waals surface area contributed by atoms with Gasteiger partial charge in [0.1, 0.15) is 0 Å². The summed E-state index contributed by atoms with van der Waals surface area (Å²) in [5.41, 5.74) is 2.18. The van der Waals surface area contributed by atoms with E-state index in [-0.39, 0.29) is 16.8 Å². The monoisotopic (exact) mass is 477 g/mol. The van der Waals surface area contributed by atoms with E-state index in [1.54, 1.807) is 26.0 Å². The van der Waals surface area contributed by atoms with E-state index in [4.69, 9.17) is 11.6 Å². The van der Waals surface area contributed by atoms with Crippen molar-refractivity contribution in [2.75, 3.05) is 32.7 Å². The molecule has 0 spiro atoms. The van der Waals surface area contributed by atoms with Crippen LogP contribution in [0.2, 0.25) is 5.02 Å². The lowest BCUT2D eigenvalue weighted by Gasteiger charge is -2.28. The minimum absolute atomic E-state index is 0.0167. The summed E-state index contributed by atoms with van der Waals surface area (Å²) < 4.78 is 27.2. The van der Waals surface area contributed by atoms with Crippen molar-refractivity contribution < 1.29 is 13.2 Å². The van der Waals surface area contributed by atoms with Crippen LogP contribution in [0.4, 0.5) is 0 Å². The Morgan fingerprint density at radius 2 is 1.81 bits per heavy atom. The number of carbonyl (C=O) groups is 1. The van der Waals surface area contributed by atoms with Crippen LogP contribution < -0.4 is 5.32 Å². The molecular formula is C24H32ClN3O3S. The molecule has 174 valence electrons. The molecule has 0 aromatic heterocycles. The highest BCUT2D eigenvalue weighted by atomic mass is 35.5. The lowest BCUT2D eigenvalue weighted by molar-refractivity contribution is 0.0937. The molecule has 2 aromatic carbocycles. The van der Waals surface area contributed by atoms with Gasteiger partial charge in [-0.2, -0.15) is 4.31 Å². The molecule has 1 heterocycles. The first-order valence-electron chi connectivity index (χ1n) is 11.2. The normalized spacial score (nSPS) is 15.8. The molecule has 1 atom stereocenters. The fourth-order valence-corrected chi connectivity index (χ4v) is 5.91. The zero-order chi connectivity index (χ0) is 23.3. The smallest absolute Gasteiger partial charge is 0.251 e. The number of amides is 1. The maximum absolute atomic E-state index is 13.1. The first-order valence-corrected chi connectivity index (χ1v) is 13.0. The van der Waals surface area contributed by atoms with Crippen molar-refractivity contribution in [3.8, 4) is 0 Å². The van der Waals surface area contributed by atoms with Crippen molar-refractivity contribution in [2.45, 2.75) is 44.6 Å². The van der Waals surface area contributed by atoms with Gasteiger partial charge in [-0.25, -0.2) is 8.42 Å². The Bertz CT molecular complexity index is 1050. The molecule has 0 bridgehead atoms. The Hall–Kier alpha value is -1.93. The summed E-state index contributed by atoms with van der Waals surface area (Å²) in [4.78, 5) is 15.6. The Kier molecular flexibility index (Phi) is 8.33. The second kappa shape index (κ2) is 10.8. The molecule has 1 amide bonds. The van der Waals surface area contributed by atoms with E-state index in [0.717, 1.165) is 37.1 Å². The third-order valence-electron chi connectivity index (χ3n) is 6.07. The Labute approximate surface area is 196 Å². The molecule has 32 heavy (non-hydrogen) atoms. The van der Waals surface area contributed by atoms with Gasteiger partial charge < -0.3 is 5.32 Å². The van der Waals surface area contributed by atoms with Crippen LogP contribution in [0.1, 0.15) is 54.2 Å². The zero-order valence-electron chi connectivity index (χ0n) is 19.0. The fraction of sp³-hybridized carbons (Fsp3) is 0.458. The molecule has 0 radical (unpaired) electrons. The Morgan fingerprint density at radius 3 is 2.44 bits per heavy atom. The quantitative estimate of drug-likeness (QED) is 0.586. The first-order chi connectivity index (χ1) is 15.3. The largest absolute Gasteiger partial charge is 0.350 e. The highest BCUT2D eigenvalue weighted by molar-refractivity contribution is 7.89. The minimum atomic E-state index is -3.64. The van der Waals surface area contributed by atoms with Crippen molar-refractivity contribution in [2.24, 2.45) is 0 Å². The highest BCUT2D eigenvalue weighted by Gasteiger charge is 2.26. The number of hydrogen-bond acceptors (Lipinski definition) is 4. The lowest BCUT2D eigenvalue weighted by Crippen LogP contribution is -2.37. The molecule has 3 rings (SSSR count).